The van der Waals surface area contributed by atoms with Crippen molar-refractivity contribution in [3.8, 4) is 0 Å². The van der Waals surface area contributed by atoms with Gasteiger partial charge in [0.05, 0.1) is 4.90 Å². The largest absolute Gasteiger partial charge is 0.398 e. The fourth-order valence-corrected chi connectivity index (χ4v) is 4.29. The minimum absolute atomic E-state index is 0.0150. The fraction of sp³-hybridized carbons (Fsp3) is 0.417. The van der Waals surface area contributed by atoms with E-state index in [0.29, 0.717) is 24.1 Å². The van der Waals surface area contributed by atoms with Crippen LogP contribution in [0.25, 0.3) is 0 Å². The van der Waals surface area contributed by atoms with Gasteiger partial charge in [0.1, 0.15) is 6.04 Å². The SMILES string of the molecule is Cc1c(N)cc(S(=O)(=O)N2CCCC2C(N)=O)cc1Cl. The van der Waals surface area contributed by atoms with Gasteiger partial charge in [-0.15, -0.1) is 0 Å². The highest BCUT2D eigenvalue weighted by Crippen LogP contribution is 2.31. The summed E-state index contributed by atoms with van der Waals surface area (Å²) in [4.78, 5) is 11.3. The molecule has 1 aliphatic heterocycles. The third-order valence-electron chi connectivity index (χ3n) is 3.50. The first-order chi connectivity index (χ1) is 9.25. The number of nitrogens with zero attached hydrogens (tertiary/aromatic N) is 1. The summed E-state index contributed by atoms with van der Waals surface area (Å²) in [6, 6.07) is 1.90. The molecule has 1 aliphatic rings. The van der Waals surface area contributed by atoms with Crippen molar-refractivity contribution in [1.82, 2.24) is 4.31 Å². The molecule has 20 heavy (non-hydrogen) atoms. The van der Waals surface area contributed by atoms with E-state index >= 15 is 0 Å². The third kappa shape index (κ3) is 2.48. The summed E-state index contributed by atoms with van der Waals surface area (Å²) in [6.07, 6.45) is 1.03. The van der Waals surface area contributed by atoms with Crippen LogP contribution in [0.1, 0.15) is 18.4 Å². The number of benzene rings is 1. The number of primary amides is 1. The summed E-state index contributed by atoms with van der Waals surface area (Å²) in [5.74, 6) is -0.641. The van der Waals surface area contributed by atoms with Gasteiger partial charge in [-0.05, 0) is 37.5 Å². The van der Waals surface area contributed by atoms with Gasteiger partial charge in [-0.25, -0.2) is 8.42 Å². The van der Waals surface area contributed by atoms with E-state index < -0.39 is 22.0 Å². The number of nitrogens with two attached hydrogens (primary N) is 2. The molecule has 0 bridgehead atoms. The Morgan fingerprint density at radius 1 is 1.45 bits per heavy atom. The van der Waals surface area contributed by atoms with Gasteiger partial charge in [-0.1, -0.05) is 11.6 Å². The van der Waals surface area contributed by atoms with Crippen LogP contribution in [0.5, 0.6) is 0 Å². The van der Waals surface area contributed by atoms with Gasteiger partial charge < -0.3 is 11.5 Å². The quantitative estimate of drug-likeness (QED) is 0.806. The zero-order valence-corrected chi connectivity index (χ0v) is 12.5. The van der Waals surface area contributed by atoms with Crippen molar-refractivity contribution in [3.63, 3.8) is 0 Å². The Morgan fingerprint density at radius 2 is 2.10 bits per heavy atom. The zero-order chi connectivity index (χ0) is 15.1. The predicted octanol–water partition coefficient (Wildman–Crippen LogP) is 0.869. The maximum absolute atomic E-state index is 12.6. The van der Waals surface area contributed by atoms with Crippen molar-refractivity contribution in [3.05, 3.63) is 22.7 Å². The van der Waals surface area contributed by atoms with Gasteiger partial charge in [0, 0.05) is 17.3 Å². The number of carbonyl (C=O) groups is 1. The Hall–Kier alpha value is -1.31. The summed E-state index contributed by atoms with van der Waals surface area (Å²) < 4.78 is 26.3. The molecule has 0 saturated carbocycles. The Kier molecular flexibility index (Phi) is 3.95. The van der Waals surface area contributed by atoms with E-state index in [2.05, 4.69) is 0 Å². The zero-order valence-electron chi connectivity index (χ0n) is 11.0. The minimum atomic E-state index is -3.83. The molecule has 1 aromatic rings. The average Bonchev–Trinajstić information content (AvgIpc) is 2.85. The van der Waals surface area contributed by atoms with Crippen LogP contribution >= 0.6 is 11.6 Å². The van der Waals surface area contributed by atoms with Crippen molar-refractivity contribution in [1.29, 1.82) is 0 Å². The van der Waals surface area contributed by atoms with Crippen LogP contribution in [0.3, 0.4) is 0 Å². The van der Waals surface area contributed by atoms with E-state index in [4.69, 9.17) is 23.1 Å². The molecule has 0 spiro atoms. The lowest BCUT2D eigenvalue weighted by Gasteiger charge is -2.22. The van der Waals surface area contributed by atoms with Crippen LogP contribution < -0.4 is 11.5 Å². The maximum atomic E-state index is 12.6. The molecule has 1 amide bonds. The number of anilines is 1. The molecule has 1 unspecified atom stereocenters. The highest BCUT2D eigenvalue weighted by molar-refractivity contribution is 7.89. The number of hydrogen-bond donors (Lipinski definition) is 2. The highest BCUT2D eigenvalue weighted by Gasteiger charge is 2.38. The average molecular weight is 318 g/mol. The molecular formula is C12H16ClN3O3S. The lowest BCUT2D eigenvalue weighted by Crippen LogP contribution is -2.43. The Balaban J connectivity index is 2.48. The van der Waals surface area contributed by atoms with Crippen LogP contribution in [0.4, 0.5) is 5.69 Å². The molecule has 0 aromatic heterocycles. The predicted molar refractivity (Wildman–Crippen MR) is 76.7 cm³/mol. The van der Waals surface area contributed by atoms with E-state index in [-0.39, 0.29) is 16.5 Å². The van der Waals surface area contributed by atoms with Crippen molar-refractivity contribution < 1.29 is 13.2 Å². The van der Waals surface area contributed by atoms with E-state index in [1.54, 1.807) is 6.92 Å². The molecule has 0 aliphatic carbocycles. The first-order valence-corrected chi connectivity index (χ1v) is 7.93. The number of sulfonamides is 1. The summed E-state index contributed by atoms with van der Waals surface area (Å²) in [6.45, 7) is 1.97. The van der Waals surface area contributed by atoms with E-state index in [9.17, 15) is 13.2 Å². The molecule has 4 N–H and O–H groups in total. The number of nitrogen functional groups attached to an aromatic ring is 1. The van der Waals surface area contributed by atoms with Crippen LogP contribution in [0.2, 0.25) is 5.02 Å². The van der Waals surface area contributed by atoms with Gasteiger partial charge >= 0.3 is 0 Å². The van der Waals surface area contributed by atoms with Crippen LogP contribution in [0.15, 0.2) is 17.0 Å². The number of hydrogen-bond acceptors (Lipinski definition) is 4. The number of carbonyl (C=O) groups excluding carboxylic acids is 1. The second-order valence-electron chi connectivity index (χ2n) is 4.80. The summed E-state index contributed by atoms with van der Waals surface area (Å²) in [5.41, 5.74) is 11.9. The fourth-order valence-electron chi connectivity index (χ4n) is 2.27. The molecule has 1 fully saturated rings. The van der Waals surface area contributed by atoms with Gasteiger partial charge in [-0.3, -0.25) is 4.79 Å². The minimum Gasteiger partial charge on any atom is -0.398 e. The molecule has 110 valence electrons. The Labute approximate surface area is 122 Å². The lowest BCUT2D eigenvalue weighted by molar-refractivity contribution is -0.121. The summed E-state index contributed by atoms with van der Waals surface area (Å²) in [7, 11) is -3.83. The van der Waals surface area contributed by atoms with E-state index in [1.807, 2.05) is 0 Å². The van der Waals surface area contributed by atoms with E-state index in [1.165, 1.54) is 12.1 Å². The molecule has 0 radical (unpaired) electrons. The number of rotatable bonds is 3. The van der Waals surface area contributed by atoms with Gasteiger partial charge in [-0.2, -0.15) is 4.31 Å². The maximum Gasteiger partial charge on any atom is 0.243 e. The van der Waals surface area contributed by atoms with Crippen molar-refractivity contribution >= 4 is 33.2 Å². The van der Waals surface area contributed by atoms with Crippen LogP contribution in [-0.4, -0.2) is 31.2 Å². The first kappa shape index (κ1) is 15.1. The first-order valence-electron chi connectivity index (χ1n) is 6.12. The van der Waals surface area contributed by atoms with Crippen molar-refractivity contribution in [2.75, 3.05) is 12.3 Å². The standard InChI is InChI=1S/C12H16ClN3O3S/c1-7-9(13)5-8(6-10(7)14)20(18,19)16-4-2-3-11(16)12(15)17/h5-6,11H,2-4,14H2,1H3,(H2,15,17). The Bertz CT molecular complexity index is 637. The van der Waals surface area contributed by atoms with E-state index in [0.717, 1.165) is 4.31 Å². The molecule has 6 nitrogen and oxygen atoms in total. The third-order valence-corrected chi connectivity index (χ3v) is 5.78. The molecule has 8 heteroatoms. The van der Waals surface area contributed by atoms with Gasteiger partial charge in [0.2, 0.25) is 15.9 Å². The van der Waals surface area contributed by atoms with Gasteiger partial charge in [0.25, 0.3) is 0 Å². The second kappa shape index (κ2) is 5.23. The Morgan fingerprint density at radius 3 is 2.65 bits per heavy atom. The molecule has 1 atom stereocenters. The lowest BCUT2D eigenvalue weighted by atomic mass is 10.2. The number of halogens is 1. The molecular weight excluding hydrogens is 302 g/mol. The molecule has 1 heterocycles. The molecule has 1 saturated heterocycles. The number of amides is 1. The van der Waals surface area contributed by atoms with Crippen molar-refractivity contribution in [2.45, 2.75) is 30.7 Å². The topological polar surface area (TPSA) is 106 Å². The summed E-state index contributed by atoms with van der Waals surface area (Å²) in [5, 5.41) is 0.276. The van der Waals surface area contributed by atoms with Crippen LogP contribution in [-0.2, 0) is 14.8 Å². The highest BCUT2D eigenvalue weighted by atomic mass is 35.5. The van der Waals surface area contributed by atoms with Gasteiger partial charge in [0.15, 0.2) is 0 Å². The molecule has 2 rings (SSSR count). The van der Waals surface area contributed by atoms with Crippen LogP contribution in [0, 0.1) is 6.92 Å². The van der Waals surface area contributed by atoms with Crippen molar-refractivity contribution in [2.24, 2.45) is 5.73 Å². The monoisotopic (exact) mass is 317 g/mol. The normalized spacial score (nSPS) is 20.2. The smallest absolute Gasteiger partial charge is 0.243 e. The second-order valence-corrected chi connectivity index (χ2v) is 7.09. The summed E-state index contributed by atoms with van der Waals surface area (Å²) >= 11 is 5.98. The molecule has 1 aromatic carbocycles.